The molecule has 50 heavy (non-hydrogen) atoms. The van der Waals surface area contributed by atoms with Crippen LogP contribution in [0.15, 0.2) is 120 Å². The van der Waals surface area contributed by atoms with Crippen LogP contribution in [0.4, 0.5) is 17.1 Å². The molecule has 0 radical (unpaired) electrons. The number of furan rings is 1. The molecule has 2 aromatic heterocycles. The predicted octanol–water partition coefficient (Wildman–Crippen LogP) is 14.3. The van der Waals surface area contributed by atoms with Crippen LogP contribution in [-0.4, -0.2) is 0 Å². The molecule has 9 rings (SSSR count). The van der Waals surface area contributed by atoms with Crippen LogP contribution in [0, 0.1) is 0 Å². The third-order valence-electron chi connectivity index (χ3n) is 10.9. The minimum Gasteiger partial charge on any atom is -0.456 e. The van der Waals surface area contributed by atoms with E-state index in [0.29, 0.717) is 0 Å². The molecule has 0 atom stereocenters. The molecule has 1 aliphatic rings. The SMILES string of the molecule is CC(C)(C)c1cc(C(C)(C)C)c2oc3cc(N(c4ccc5c(c4)C(C)(C)c4ccccc4-5)c4cccc5sc6ccccc6c45)ccc3c2c1. The van der Waals surface area contributed by atoms with Crippen LogP contribution in [0.3, 0.4) is 0 Å². The molecule has 1 aliphatic carbocycles. The summed E-state index contributed by atoms with van der Waals surface area (Å²) in [6, 6.07) is 43.0. The molecule has 8 aromatic rings. The Balaban J connectivity index is 1.32. The average molecular weight is 670 g/mol. The maximum Gasteiger partial charge on any atom is 0.139 e. The van der Waals surface area contributed by atoms with Gasteiger partial charge >= 0.3 is 0 Å². The van der Waals surface area contributed by atoms with E-state index >= 15 is 0 Å². The highest BCUT2D eigenvalue weighted by atomic mass is 32.1. The van der Waals surface area contributed by atoms with Gasteiger partial charge in [-0.1, -0.05) is 116 Å². The molecule has 248 valence electrons. The van der Waals surface area contributed by atoms with E-state index in [1.807, 2.05) is 11.3 Å². The Morgan fingerprint density at radius 1 is 0.580 bits per heavy atom. The first-order chi connectivity index (χ1) is 23.8. The summed E-state index contributed by atoms with van der Waals surface area (Å²) >= 11 is 1.86. The second-order valence-electron chi connectivity index (χ2n) is 16.7. The Morgan fingerprint density at radius 2 is 1.28 bits per heavy atom. The molecule has 0 aliphatic heterocycles. The Morgan fingerprint density at radius 3 is 2.08 bits per heavy atom. The molecule has 3 heteroatoms. The standard InChI is InChI=1S/C47H43NOS/c1-45(2,3)28-24-35-33-23-21-30(27-40(33)49-44(35)38(25-28)46(4,5)6)48(39-17-13-19-42-43(39)34-15-10-12-18-41(34)50-42)29-20-22-32-31-14-9-11-16-36(31)47(7,8)37(32)26-29/h9-27H,1-8H3. The summed E-state index contributed by atoms with van der Waals surface area (Å²) < 4.78 is 9.50. The molecule has 0 spiro atoms. The van der Waals surface area contributed by atoms with Crippen LogP contribution in [0.25, 0.3) is 53.2 Å². The monoisotopic (exact) mass is 669 g/mol. The van der Waals surface area contributed by atoms with Crippen molar-refractivity contribution in [3.8, 4) is 11.1 Å². The number of fused-ring (bicyclic) bond motifs is 9. The third-order valence-corrected chi connectivity index (χ3v) is 12.1. The summed E-state index contributed by atoms with van der Waals surface area (Å²) in [4.78, 5) is 2.46. The van der Waals surface area contributed by atoms with E-state index in [-0.39, 0.29) is 16.2 Å². The van der Waals surface area contributed by atoms with Gasteiger partial charge in [0, 0.05) is 59.4 Å². The molecule has 2 nitrogen and oxygen atoms in total. The Hall–Kier alpha value is -4.86. The normalized spacial score (nSPS) is 14.2. The first kappa shape index (κ1) is 31.1. The quantitative estimate of drug-likeness (QED) is 0.186. The predicted molar refractivity (Wildman–Crippen MR) is 216 cm³/mol. The number of hydrogen-bond acceptors (Lipinski definition) is 3. The number of thiophene rings is 1. The highest BCUT2D eigenvalue weighted by Crippen LogP contribution is 2.52. The molecule has 0 N–H and O–H groups in total. The highest BCUT2D eigenvalue weighted by Gasteiger charge is 2.36. The lowest BCUT2D eigenvalue weighted by molar-refractivity contribution is 0.559. The number of rotatable bonds is 3. The van der Waals surface area contributed by atoms with Crippen molar-refractivity contribution in [3.63, 3.8) is 0 Å². The molecular formula is C47H43NOS. The van der Waals surface area contributed by atoms with Crippen LogP contribution in [0.1, 0.15) is 77.6 Å². The summed E-state index contributed by atoms with van der Waals surface area (Å²) in [6.45, 7) is 18.5. The largest absolute Gasteiger partial charge is 0.456 e. The van der Waals surface area contributed by atoms with Crippen molar-refractivity contribution >= 4 is 70.5 Å². The fourth-order valence-electron chi connectivity index (χ4n) is 8.20. The Kier molecular flexibility index (Phi) is 6.59. The van der Waals surface area contributed by atoms with E-state index in [2.05, 4.69) is 176 Å². The van der Waals surface area contributed by atoms with Gasteiger partial charge in [-0.2, -0.15) is 0 Å². The second kappa shape index (κ2) is 10.6. The number of nitrogens with zero attached hydrogens (tertiary/aromatic N) is 1. The van der Waals surface area contributed by atoms with Crippen molar-refractivity contribution in [1.82, 2.24) is 0 Å². The fourth-order valence-corrected chi connectivity index (χ4v) is 9.32. The van der Waals surface area contributed by atoms with Crippen molar-refractivity contribution in [2.75, 3.05) is 4.90 Å². The van der Waals surface area contributed by atoms with Crippen LogP contribution in [0.5, 0.6) is 0 Å². The Labute approximate surface area is 299 Å². The van der Waals surface area contributed by atoms with E-state index in [1.54, 1.807) is 0 Å². The molecule has 0 amide bonds. The topological polar surface area (TPSA) is 16.4 Å². The summed E-state index contributed by atoms with van der Waals surface area (Å²) in [5.74, 6) is 0. The maximum atomic E-state index is 6.91. The van der Waals surface area contributed by atoms with E-state index in [9.17, 15) is 0 Å². The van der Waals surface area contributed by atoms with Crippen LogP contribution in [-0.2, 0) is 16.2 Å². The highest BCUT2D eigenvalue weighted by molar-refractivity contribution is 7.26. The summed E-state index contributed by atoms with van der Waals surface area (Å²) in [7, 11) is 0. The number of hydrogen-bond donors (Lipinski definition) is 0. The Bertz CT molecular complexity index is 2650. The minimum absolute atomic E-state index is 0.0253. The first-order valence-electron chi connectivity index (χ1n) is 17.8. The zero-order valence-electron chi connectivity index (χ0n) is 30.2. The lowest BCUT2D eigenvalue weighted by Crippen LogP contribution is -2.16. The van der Waals surface area contributed by atoms with Crippen LogP contribution in [0.2, 0.25) is 0 Å². The van der Waals surface area contributed by atoms with Gasteiger partial charge in [-0.05, 0) is 87.2 Å². The maximum absolute atomic E-state index is 6.91. The van der Waals surface area contributed by atoms with Gasteiger partial charge in [-0.25, -0.2) is 0 Å². The fraction of sp³-hybridized carbons (Fsp3) is 0.234. The van der Waals surface area contributed by atoms with Gasteiger partial charge < -0.3 is 9.32 Å². The van der Waals surface area contributed by atoms with Crippen LogP contribution >= 0.6 is 11.3 Å². The van der Waals surface area contributed by atoms with Gasteiger partial charge in [0.2, 0.25) is 0 Å². The van der Waals surface area contributed by atoms with Crippen LogP contribution < -0.4 is 4.90 Å². The van der Waals surface area contributed by atoms with Gasteiger partial charge in [-0.15, -0.1) is 11.3 Å². The van der Waals surface area contributed by atoms with Crippen molar-refractivity contribution in [2.24, 2.45) is 0 Å². The van der Waals surface area contributed by atoms with Gasteiger partial charge in [0.25, 0.3) is 0 Å². The van der Waals surface area contributed by atoms with Gasteiger partial charge in [0.1, 0.15) is 11.2 Å². The zero-order valence-corrected chi connectivity index (χ0v) is 31.0. The summed E-state index contributed by atoms with van der Waals surface area (Å²) in [5.41, 5.74) is 13.2. The number of benzene rings is 6. The van der Waals surface area contributed by atoms with Gasteiger partial charge in [0.15, 0.2) is 0 Å². The molecule has 0 bridgehead atoms. The number of anilines is 3. The molecule has 0 saturated carbocycles. The van der Waals surface area contributed by atoms with Gasteiger partial charge in [0.05, 0.1) is 5.69 Å². The zero-order chi connectivity index (χ0) is 34.7. The second-order valence-corrected chi connectivity index (χ2v) is 17.8. The van der Waals surface area contributed by atoms with E-state index in [4.69, 9.17) is 4.42 Å². The molecule has 0 saturated heterocycles. The van der Waals surface area contributed by atoms with Crippen molar-refractivity contribution < 1.29 is 4.42 Å². The van der Waals surface area contributed by atoms with E-state index < -0.39 is 0 Å². The van der Waals surface area contributed by atoms with Crippen molar-refractivity contribution in [1.29, 1.82) is 0 Å². The molecule has 6 aromatic carbocycles. The molecular weight excluding hydrogens is 627 g/mol. The first-order valence-corrected chi connectivity index (χ1v) is 18.6. The van der Waals surface area contributed by atoms with Crippen molar-refractivity contribution in [3.05, 3.63) is 138 Å². The van der Waals surface area contributed by atoms with E-state index in [1.165, 1.54) is 64.6 Å². The van der Waals surface area contributed by atoms with E-state index in [0.717, 1.165) is 27.9 Å². The summed E-state index contributed by atoms with van der Waals surface area (Å²) in [5, 5.41) is 4.92. The van der Waals surface area contributed by atoms with Crippen molar-refractivity contribution in [2.45, 2.75) is 71.6 Å². The lowest BCUT2D eigenvalue weighted by atomic mass is 9.79. The summed E-state index contributed by atoms with van der Waals surface area (Å²) in [6.07, 6.45) is 0. The minimum atomic E-state index is -0.106. The van der Waals surface area contributed by atoms with Gasteiger partial charge in [-0.3, -0.25) is 0 Å². The smallest absolute Gasteiger partial charge is 0.139 e. The molecule has 0 unspecified atom stereocenters. The average Bonchev–Trinajstić information content (AvgIpc) is 3.72. The third kappa shape index (κ3) is 4.59. The molecule has 2 heterocycles. The molecule has 0 fully saturated rings. The lowest BCUT2D eigenvalue weighted by Gasteiger charge is -2.28.